The lowest BCUT2D eigenvalue weighted by Crippen LogP contribution is -2.58. The summed E-state index contributed by atoms with van der Waals surface area (Å²) in [5.74, 6) is 1.03. The Bertz CT molecular complexity index is 637. The topological polar surface area (TPSA) is 98.0 Å². The molecule has 0 saturated heterocycles. The molecule has 4 aliphatic rings. The zero-order valence-electron chi connectivity index (χ0n) is 18.3. The Labute approximate surface area is 174 Å². The summed E-state index contributed by atoms with van der Waals surface area (Å²) >= 11 is 0. The summed E-state index contributed by atoms with van der Waals surface area (Å²) in [7, 11) is 0. The van der Waals surface area contributed by atoms with Crippen LogP contribution >= 0.6 is 0 Å². The fourth-order valence-electron chi connectivity index (χ4n) is 8.74. The fraction of sp³-hybridized carbons (Fsp3) is 0.958. The van der Waals surface area contributed by atoms with Crippen molar-refractivity contribution in [3.8, 4) is 0 Å². The van der Waals surface area contributed by atoms with Crippen LogP contribution in [0.4, 0.5) is 0 Å². The zero-order chi connectivity index (χ0) is 21.1. The lowest BCUT2D eigenvalue weighted by molar-refractivity contribution is -0.175. The van der Waals surface area contributed by atoms with Gasteiger partial charge in [-0.25, -0.2) is 0 Å². The van der Waals surface area contributed by atoms with Crippen LogP contribution in [-0.2, 0) is 4.79 Å². The Morgan fingerprint density at radius 2 is 1.66 bits per heavy atom. The molecular formula is C24H40O5. The second-order valence-electron chi connectivity index (χ2n) is 11.5. The van der Waals surface area contributed by atoms with Crippen molar-refractivity contribution in [3.05, 3.63) is 0 Å². The Morgan fingerprint density at radius 3 is 2.34 bits per heavy atom. The molecular weight excluding hydrogens is 368 g/mol. The first-order valence-corrected chi connectivity index (χ1v) is 11.8. The molecule has 166 valence electrons. The molecule has 0 spiro atoms. The normalized spacial score (nSPS) is 51.4. The number of rotatable bonds is 4. The van der Waals surface area contributed by atoms with Crippen LogP contribution in [0.1, 0.15) is 78.6 Å². The largest absolute Gasteiger partial charge is 0.481 e. The molecule has 0 radical (unpaired) electrons. The Kier molecular flexibility index (Phi) is 5.57. The number of carbonyl (C=O) groups is 1. The van der Waals surface area contributed by atoms with Crippen molar-refractivity contribution in [2.75, 3.05) is 0 Å². The quantitative estimate of drug-likeness (QED) is 0.571. The van der Waals surface area contributed by atoms with Crippen LogP contribution in [0.2, 0.25) is 0 Å². The molecule has 0 unspecified atom stereocenters. The molecule has 0 aromatic carbocycles. The van der Waals surface area contributed by atoms with Gasteiger partial charge in [-0.3, -0.25) is 4.79 Å². The van der Waals surface area contributed by atoms with Crippen molar-refractivity contribution in [2.45, 2.75) is 96.9 Å². The molecule has 4 N–H and O–H groups in total. The van der Waals surface area contributed by atoms with Crippen molar-refractivity contribution >= 4 is 5.97 Å². The molecule has 0 aromatic rings. The van der Waals surface area contributed by atoms with Gasteiger partial charge in [0.25, 0.3) is 0 Å². The monoisotopic (exact) mass is 408 g/mol. The Balaban J connectivity index is 1.57. The van der Waals surface area contributed by atoms with Crippen molar-refractivity contribution in [3.63, 3.8) is 0 Å². The highest BCUT2D eigenvalue weighted by Crippen LogP contribution is 2.68. The highest BCUT2D eigenvalue weighted by atomic mass is 16.4. The number of aliphatic hydroxyl groups is 3. The van der Waals surface area contributed by atoms with Crippen LogP contribution in [0, 0.1) is 46.3 Å². The first-order valence-electron chi connectivity index (χ1n) is 11.8. The van der Waals surface area contributed by atoms with Gasteiger partial charge in [0.1, 0.15) is 0 Å². The third-order valence-corrected chi connectivity index (χ3v) is 10.4. The van der Waals surface area contributed by atoms with Gasteiger partial charge in [-0.1, -0.05) is 20.8 Å². The number of carboxylic acids is 1. The Hall–Kier alpha value is -0.650. The van der Waals surface area contributed by atoms with E-state index in [4.69, 9.17) is 5.11 Å². The molecule has 0 bridgehead atoms. The first kappa shape index (κ1) is 21.6. The maximum absolute atomic E-state index is 11.2. The second kappa shape index (κ2) is 7.49. The van der Waals surface area contributed by atoms with Gasteiger partial charge < -0.3 is 20.4 Å². The molecule has 0 aliphatic heterocycles. The van der Waals surface area contributed by atoms with Crippen LogP contribution in [-0.4, -0.2) is 44.7 Å². The van der Waals surface area contributed by atoms with E-state index >= 15 is 0 Å². The van der Waals surface area contributed by atoms with Crippen molar-refractivity contribution in [1.82, 2.24) is 0 Å². The third kappa shape index (κ3) is 3.36. The van der Waals surface area contributed by atoms with Crippen LogP contribution in [0.15, 0.2) is 0 Å². The Morgan fingerprint density at radius 1 is 1.00 bits per heavy atom. The second-order valence-corrected chi connectivity index (χ2v) is 11.5. The fourth-order valence-corrected chi connectivity index (χ4v) is 8.74. The molecule has 29 heavy (non-hydrogen) atoms. The van der Waals surface area contributed by atoms with E-state index in [0.29, 0.717) is 29.6 Å². The van der Waals surface area contributed by atoms with Gasteiger partial charge in [-0.2, -0.15) is 0 Å². The van der Waals surface area contributed by atoms with E-state index in [0.717, 1.165) is 51.4 Å². The van der Waals surface area contributed by atoms with Crippen LogP contribution in [0.25, 0.3) is 0 Å². The van der Waals surface area contributed by atoms with Crippen molar-refractivity contribution < 1.29 is 25.2 Å². The number of carboxylic acid groups (broad SMARTS) is 1. The van der Waals surface area contributed by atoms with Crippen LogP contribution < -0.4 is 0 Å². The van der Waals surface area contributed by atoms with E-state index in [1.165, 1.54) is 0 Å². The molecule has 4 rings (SSSR count). The summed E-state index contributed by atoms with van der Waals surface area (Å²) in [5, 5.41) is 41.1. The van der Waals surface area contributed by atoms with Crippen molar-refractivity contribution in [1.29, 1.82) is 0 Å². The van der Waals surface area contributed by atoms with Crippen molar-refractivity contribution in [2.24, 2.45) is 46.3 Å². The molecule has 11 atom stereocenters. The van der Waals surface area contributed by atoms with Crippen LogP contribution in [0.3, 0.4) is 0 Å². The summed E-state index contributed by atoms with van der Waals surface area (Å²) < 4.78 is 0. The minimum atomic E-state index is -0.936. The molecule has 5 nitrogen and oxygen atoms in total. The highest BCUT2D eigenvalue weighted by molar-refractivity contribution is 5.67. The number of hydrogen-bond donors (Lipinski definition) is 4. The van der Waals surface area contributed by atoms with E-state index in [2.05, 4.69) is 13.8 Å². The number of hydrogen-bond acceptors (Lipinski definition) is 4. The lowest BCUT2D eigenvalue weighted by atomic mass is 9.43. The molecule has 0 heterocycles. The summed E-state index contributed by atoms with van der Waals surface area (Å²) in [5.41, 5.74) is 0.287. The third-order valence-electron chi connectivity index (χ3n) is 10.4. The summed E-state index contributed by atoms with van der Waals surface area (Å²) in [6, 6.07) is 0. The van der Waals surface area contributed by atoms with Gasteiger partial charge in [0.05, 0.1) is 24.7 Å². The predicted molar refractivity (Wildman–Crippen MR) is 110 cm³/mol. The number of aliphatic hydroxyl groups excluding tert-OH is 3. The predicted octanol–water partition coefficient (Wildman–Crippen LogP) is 3.45. The van der Waals surface area contributed by atoms with Gasteiger partial charge in [0.15, 0.2) is 0 Å². The molecule has 0 amide bonds. The molecule has 0 aromatic heterocycles. The maximum atomic E-state index is 11.2. The van der Waals surface area contributed by atoms with Crippen LogP contribution in [0.5, 0.6) is 0 Å². The summed E-state index contributed by atoms with van der Waals surface area (Å²) in [4.78, 5) is 11.1. The smallest absolute Gasteiger partial charge is 0.305 e. The zero-order valence-corrected chi connectivity index (χ0v) is 18.3. The van der Waals surface area contributed by atoms with E-state index in [1.807, 2.05) is 6.92 Å². The van der Waals surface area contributed by atoms with Gasteiger partial charge in [0, 0.05) is 0 Å². The first-order chi connectivity index (χ1) is 13.6. The summed E-state index contributed by atoms with van der Waals surface area (Å²) in [6.07, 6.45) is 6.40. The standard InChI is InChI=1S/C24H40O5/c1-13(19(26)12-21(28)29)16-4-5-17-22-18(7-9-24(16,17)3)23(2)8-6-15(25)10-14(23)11-20(22)27/h13-20,22,25-27H,4-12H2,1-3H3,(H,28,29)/t13-,14-,15+,16+,17+,18+,19+,20+,22-,23-,24+/m0/s1. The maximum Gasteiger partial charge on any atom is 0.305 e. The van der Waals surface area contributed by atoms with Gasteiger partial charge in [0.2, 0.25) is 0 Å². The lowest BCUT2D eigenvalue weighted by Gasteiger charge is -2.62. The average molecular weight is 409 g/mol. The summed E-state index contributed by atoms with van der Waals surface area (Å²) in [6.45, 7) is 6.79. The van der Waals surface area contributed by atoms with Gasteiger partial charge >= 0.3 is 5.97 Å². The van der Waals surface area contributed by atoms with Gasteiger partial charge in [-0.15, -0.1) is 0 Å². The molecule has 4 aliphatic carbocycles. The van der Waals surface area contributed by atoms with E-state index in [1.54, 1.807) is 0 Å². The SMILES string of the molecule is C[C@H]([C@H](O)CC(=O)O)[C@H]1CC[C@@H]2[C@@H]3[C@H](O)C[C@@H]4C[C@H](O)CC[C@]4(C)[C@@H]3CC[C@]12C. The van der Waals surface area contributed by atoms with E-state index in [9.17, 15) is 20.1 Å². The highest BCUT2D eigenvalue weighted by Gasteiger charge is 2.63. The minimum absolute atomic E-state index is 0.0356. The minimum Gasteiger partial charge on any atom is -0.481 e. The molecule has 5 heteroatoms. The van der Waals surface area contributed by atoms with E-state index < -0.39 is 12.1 Å². The molecule has 4 fully saturated rings. The average Bonchev–Trinajstić information content (AvgIpc) is 2.99. The number of fused-ring (bicyclic) bond motifs is 5. The molecule has 4 saturated carbocycles. The number of aliphatic carboxylic acids is 1. The van der Waals surface area contributed by atoms with Gasteiger partial charge in [-0.05, 0) is 97.7 Å². The van der Waals surface area contributed by atoms with E-state index in [-0.39, 0.29) is 35.4 Å².